The van der Waals surface area contributed by atoms with Crippen LogP contribution in [0.5, 0.6) is 0 Å². The molecule has 1 atom stereocenters. The third-order valence-corrected chi connectivity index (χ3v) is 6.62. The maximum atomic E-state index is 13.0. The third kappa shape index (κ3) is 5.49. The summed E-state index contributed by atoms with van der Waals surface area (Å²) in [5.41, 5.74) is 3.15. The standard InChI is InChI=1S/C24H29N5O2.2ClH/c30-23(28-21-7-4-14-31-24(21)9-11-25-12-10-24)19-15-20-22(26-16-19)29(17-27-20)13-8-18-5-2-1-3-6-18;;/h1-3,5-6,15-17,21,25H,4,7-14H2,(H,28,30);2*1H. The number of imidazole rings is 1. The Balaban J connectivity index is 0.00000153. The molecule has 4 heterocycles. The number of aryl methyl sites for hydroxylation is 2. The second kappa shape index (κ2) is 11.3. The molecule has 2 N–H and O–H groups in total. The zero-order chi connectivity index (χ0) is 21.1. The largest absolute Gasteiger partial charge is 0.373 e. The molecule has 1 unspecified atom stereocenters. The smallest absolute Gasteiger partial charge is 0.253 e. The van der Waals surface area contributed by atoms with Crippen LogP contribution in [0.15, 0.2) is 48.9 Å². The van der Waals surface area contributed by atoms with Crippen LogP contribution in [-0.4, -0.2) is 51.8 Å². The van der Waals surface area contributed by atoms with E-state index in [1.165, 1.54) is 5.56 Å². The fourth-order valence-corrected chi connectivity index (χ4v) is 4.85. The molecule has 0 saturated carbocycles. The number of carbonyl (C=O) groups excluding carboxylic acids is 1. The van der Waals surface area contributed by atoms with Crippen molar-refractivity contribution < 1.29 is 9.53 Å². The molecule has 33 heavy (non-hydrogen) atoms. The lowest BCUT2D eigenvalue weighted by Gasteiger charge is -2.46. The molecule has 1 amide bonds. The zero-order valence-corrected chi connectivity index (χ0v) is 20.2. The third-order valence-electron chi connectivity index (χ3n) is 6.62. The Morgan fingerprint density at radius 1 is 1.18 bits per heavy atom. The average molecular weight is 492 g/mol. The molecule has 2 aliphatic heterocycles. The van der Waals surface area contributed by atoms with Gasteiger partial charge >= 0.3 is 0 Å². The van der Waals surface area contributed by atoms with E-state index in [9.17, 15) is 4.79 Å². The summed E-state index contributed by atoms with van der Waals surface area (Å²) in [5, 5.41) is 6.64. The molecule has 3 aromatic rings. The van der Waals surface area contributed by atoms with Gasteiger partial charge in [-0.3, -0.25) is 4.79 Å². The van der Waals surface area contributed by atoms with E-state index in [4.69, 9.17) is 4.74 Å². The van der Waals surface area contributed by atoms with Crippen molar-refractivity contribution in [3.05, 3.63) is 60.0 Å². The first kappa shape index (κ1) is 25.4. The van der Waals surface area contributed by atoms with E-state index >= 15 is 0 Å². The number of piperidine rings is 1. The predicted molar refractivity (Wildman–Crippen MR) is 133 cm³/mol. The molecule has 2 fully saturated rings. The van der Waals surface area contributed by atoms with Gasteiger partial charge in [0, 0.05) is 19.3 Å². The van der Waals surface area contributed by atoms with Crippen molar-refractivity contribution >= 4 is 41.9 Å². The second-order valence-electron chi connectivity index (χ2n) is 8.57. The van der Waals surface area contributed by atoms with Gasteiger partial charge in [0.15, 0.2) is 5.65 Å². The van der Waals surface area contributed by atoms with Crippen LogP contribution in [0.3, 0.4) is 0 Å². The minimum atomic E-state index is -0.240. The molecular formula is C24H31Cl2N5O2. The van der Waals surface area contributed by atoms with Crippen molar-refractivity contribution in [1.82, 2.24) is 25.2 Å². The van der Waals surface area contributed by atoms with Crippen LogP contribution in [0.2, 0.25) is 0 Å². The quantitative estimate of drug-likeness (QED) is 0.570. The summed E-state index contributed by atoms with van der Waals surface area (Å²) in [5.74, 6) is -0.0957. The second-order valence-corrected chi connectivity index (χ2v) is 8.57. The molecule has 2 aromatic heterocycles. The van der Waals surface area contributed by atoms with Crippen LogP contribution in [0.1, 0.15) is 41.6 Å². The molecule has 2 saturated heterocycles. The number of rotatable bonds is 5. The molecule has 7 nitrogen and oxygen atoms in total. The number of hydrogen-bond acceptors (Lipinski definition) is 5. The molecule has 0 aliphatic carbocycles. The van der Waals surface area contributed by atoms with Gasteiger partial charge in [-0.2, -0.15) is 0 Å². The highest BCUT2D eigenvalue weighted by molar-refractivity contribution is 5.96. The fourth-order valence-electron chi connectivity index (χ4n) is 4.85. The van der Waals surface area contributed by atoms with Gasteiger partial charge < -0.3 is 19.9 Å². The minimum Gasteiger partial charge on any atom is -0.373 e. The first-order valence-electron chi connectivity index (χ1n) is 11.2. The Hall–Kier alpha value is -2.19. The molecule has 2 aliphatic rings. The number of fused-ring (bicyclic) bond motifs is 1. The molecule has 1 aromatic carbocycles. The molecule has 5 rings (SSSR count). The highest BCUT2D eigenvalue weighted by Gasteiger charge is 2.43. The fraction of sp³-hybridized carbons (Fsp3) is 0.458. The van der Waals surface area contributed by atoms with E-state index in [-0.39, 0.29) is 42.4 Å². The van der Waals surface area contributed by atoms with Gasteiger partial charge in [0.2, 0.25) is 0 Å². The summed E-state index contributed by atoms with van der Waals surface area (Å²) in [6.07, 6.45) is 8.17. The Kier molecular flexibility index (Phi) is 8.70. The summed E-state index contributed by atoms with van der Waals surface area (Å²) in [6, 6.07) is 12.3. The lowest BCUT2D eigenvalue weighted by Crippen LogP contribution is -2.60. The van der Waals surface area contributed by atoms with Crippen LogP contribution in [0.4, 0.5) is 0 Å². The lowest BCUT2D eigenvalue weighted by molar-refractivity contribution is -0.114. The van der Waals surface area contributed by atoms with Crippen molar-refractivity contribution in [2.24, 2.45) is 0 Å². The molecule has 178 valence electrons. The monoisotopic (exact) mass is 491 g/mol. The molecule has 1 spiro atoms. The number of nitrogens with one attached hydrogen (secondary N) is 2. The highest BCUT2D eigenvalue weighted by Crippen LogP contribution is 2.33. The summed E-state index contributed by atoms with van der Waals surface area (Å²) in [4.78, 5) is 22.1. The molecular weight excluding hydrogens is 461 g/mol. The molecule has 9 heteroatoms. The van der Waals surface area contributed by atoms with Gasteiger partial charge in [-0.1, -0.05) is 30.3 Å². The van der Waals surface area contributed by atoms with Crippen LogP contribution >= 0.6 is 24.8 Å². The van der Waals surface area contributed by atoms with Crippen molar-refractivity contribution in [3.8, 4) is 0 Å². The number of aromatic nitrogens is 3. The lowest BCUT2D eigenvalue weighted by atomic mass is 9.80. The number of benzene rings is 1. The van der Waals surface area contributed by atoms with Gasteiger partial charge in [-0.15, -0.1) is 24.8 Å². The van der Waals surface area contributed by atoms with Crippen LogP contribution in [0, 0.1) is 0 Å². The van der Waals surface area contributed by atoms with Crippen molar-refractivity contribution in [2.75, 3.05) is 19.7 Å². The Bertz CT molecular complexity index is 1050. The number of nitrogens with zero attached hydrogens (tertiary/aromatic N) is 3. The van der Waals surface area contributed by atoms with E-state index in [2.05, 4.69) is 44.9 Å². The van der Waals surface area contributed by atoms with Crippen molar-refractivity contribution in [2.45, 2.75) is 50.3 Å². The summed E-state index contributed by atoms with van der Waals surface area (Å²) < 4.78 is 8.25. The summed E-state index contributed by atoms with van der Waals surface area (Å²) in [6.45, 7) is 3.44. The summed E-state index contributed by atoms with van der Waals surface area (Å²) >= 11 is 0. The summed E-state index contributed by atoms with van der Waals surface area (Å²) in [7, 11) is 0. The number of carbonyl (C=O) groups is 1. The van der Waals surface area contributed by atoms with Crippen LogP contribution in [0.25, 0.3) is 11.2 Å². The van der Waals surface area contributed by atoms with E-state index in [1.807, 2.05) is 16.7 Å². The minimum absolute atomic E-state index is 0. The maximum Gasteiger partial charge on any atom is 0.253 e. The van der Waals surface area contributed by atoms with Gasteiger partial charge in [0.1, 0.15) is 5.52 Å². The Morgan fingerprint density at radius 2 is 1.97 bits per heavy atom. The van der Waals surface area contributed by atoms with E-state index in [0.717, 1.165) is 69.5 Å². The normalized spacial score (nSPS) is 19.5. The Morgan fingerprint density at radius 3 is 2.76 bits per heavy atom. The van der Waals surface area contributed by atoms with E-state index < -0.39 is 0 Å². The zero-order valence-electron chi connectivity index (χ0n) is 18.5. The average Bonchev–Trinajstić information content (AvgIpc) is 3.23. The van der Waals surface area contributed by atoms with Gasteiger partial charge in [0.05, 0.1) is 23.5 Å². The number of halogens is 2. The van der Waals surface area contributed by atoms with Crippen molar-refractivity contribution in [1.29, 1.82) is 0 Å². The first-order chi connectivity index (χ1) is 15.2. The molecule has 0 bridgehead atoms. The van der Waals surface area contributed by atoms with Crippen molar-refractivity contribution in [3.63, 3.8) is 0 Å². The number of pyridine rings is 1. The number of amides is 1. The van der Waals surface area contributed by atoms with E-state index in [1.54, 1.807) is 12.5 Å². The Labute approximate surface area is 206 Å². The SMILES string of the molecule is Cl.Cl.O=C(NC1CCCOC12CCNCC2)c1cnc2c(c1)ncn2CCc1ccccc1. The van der Waals surface area contributed by atoms with Crippen LogP contribution < -0.4 is 10.6 Å². The van der Waals surface area contributed by atoms with Crippen LogP contribution in [-0.2, 0) is 17.7 Å². The highest BCUT2D eigenvalue weighted by atomic mass is 35.5. The maximum absolute atomic E-state index is 13.0. The number of ether oxygens (including phenoxy) is 1. The van der Waals surface area contributed by atoms with Gasteiger partial charge in [-0.05, 0) is 56.8 Å². The predicted octanol–water partition coefficient (Wildman–Crippen LogP) is 3.55. The number of hydrogen-bond donors (Lipinski definition) is 2. The van der Waals surface area contributed by atoms with Gasteiger partial charge in [-0.25, -0.2) is 9.97 Å². The van der Waals surface area contributed by atoms with E-state index in [0.29, 0.717) is 5.56 Å². The first-order valence-corrected chi connectivity index (χ1v) is 11.2. The topological polar surface area (TPSA) is 81.1 Å². The molecule has 0 radical (unpaired) electrons. The van der Waals surface area contributed by atoms with Gasteiger partial charge in [0.25, 0.3) is 5.91 Å².